The summed E-state index contributed by atoms with van der Waals surface area (Å²) in [5, 5.41) is 0. The van der Waals surface area contributed by atoms with Crippen molar-refractivity contribution in [2.45, 2.75) is 44.5 Å². The molecule has 27 heavy (non-hydrogen) atoms. The van der Waals surface area contributed by atoms with Crippen molar-refractivity contribution in [3.8, 4) is 0 Å². The van der Waals surface area contributed by atoms with Crippen LogP contribution in [0.25, 0.3) is 0 Å². The molecule has 0 radical (unpaired) electrons. The van der Waals surface area contributed by atoms with Gasteiger partial charge in [-0.3, -0.25) is 14.5 Å². The summed E-state index contributed by atoms with van der Waals surface area (Å²) in [5.74, 6) is -0.607. The highest BCUT2D eigenvalue weighted by Gasteiger charge is 2.45. The zero-order chi connectivity index (χ0) is 19.2. The van der Waals surface area contributed by atoms with Gasteiger partial charge in [-0.25, -0.2) is 0 Å². The Morgan fingerprint density at radius 1 is 0.963 bits per heavy atom. The number of carbonyl (C=O) groups is 2. The van der Waals surface area contributed by atoms with Crippen molar-refractivity contribution < 1.29 is 19.1 Å². The molecule has 5 nitrogen and oxygen atoms in total. The summed E-state index contributed by atoms with van der Waals surface area (Å²) in [5.41, 5.74) is 1.99. The van der Waals surface area contributed by atoms with Gasteiger partial charge >= 0.3 is 11.9 Å². The third kappa shape index (κ3) is 4.37. The number of rotatable bonds is 6. The second-order valence-electron chi connectivity index (χ2n) is 6.76. The highest BCUT2D eigenvalue weighted by molar-refractivity contribution is 5.81. The molecule has 3 rings (SSSR count). The van der Waals surface area contributed by atoms with E-state index in [9.17, 15) is 9.59 Å². The lowest BCUT2D eigenvalue weighted by atomic mass is 10.0. The lowest BCUT2D eigenvalue weighted by Crippen LogP contribution is -2.46. The van der Waals surface area contributed by atoms with Crippen LogP contribution in [-0.2, 0) is 25.7 Å². The molecule has 2 aromatic rings. The zero-order valence-corrected chi connectivity index (χ0v) is 15.7. The molecule has 1 saturated heterocycles. The van der Waals surface area contributed by atoms with Crippen molar-refractivity contribution in [2.75, 3.05) is 7.11 Å². The van der Waals surface area contributed by atoms with Crippen LogP contribution in [0.4, 0.5) is 0 Å². The van der Waals surface area contributed by atoms with Crippen LogP contribution in [0.1, 0.15) is 36.9 Å². The molecule has 0 amide bonds. The highest BCUT2D eigenvalue weighted by atomic mass is 16.5. The van der Waals surface area contributed by atoms with Crippen LogP contribution < -0.4 is 0 Å². The Morgan fingerprint density at radius 3 is 2.11 bits per heavy atom. The monoisotopic (exact) mass is 367 g/mol. The molecule has 3 atom stereocenters. The molecule has 1 aliphatic rings. The van der Waals surface area contributed by atoms with E-state index in [1.54, 1.807) is 0 Å². The maximum absolute atomic E-state index is 12.8. The number of hydrogen-bond acceptors (Lipinski definition) is 5. The van der Waals surface area contributed by atoms with Crippen LogP contribution in [0.2, 0.25) is 0 Å². The van der Waals surface area contributed by atoms with E-state index in [0.29, 0.717) is 12.8 Å². The first-order valence-electron chi connectivity index (χ1n) is 9.22. The number of likely N-dealkylation sites (tertiary alicyclic amines) is 1. The topological polar surface area (TPSA) is 55.8 Å². The van der Waals surface area contributed by atoms with Crippen LogP contribution in [-0.4, -0.2) is 36.0 Å². The van der Waals surface area contributed by atoms with Gasteiger partial charge in [0, 0.05) is 6.04 Å². The maximum atomic E-state index is 12.8. The number of methoxy groups -OCH3 is 1. The molecule has 5 heteroatoms. The molecular weight excluding hydrogens is 342 g/mol. The van der Waals surface area contributed by atoms with E-state index in [2.05, 4.69) is 0 Å². The summed E-state index contributed by atoms with van der Waals surface area (Å²) >= 11 is 0. The quantitative estimate of drug-likeness (QED) is 0.732. The average molecular weight is 367 g/mol. The molecule has 0 bridgehead atoms. The smallest absolute Gasteiger partial charge is 0.323 e. The van der Waals surface area contributed by atoms with Gasteiger partial charge in [-0.05, 0) is 30.9 Å². The summed E-state index contributed by atoms with van der Waals surface area (Å²) in [6.07, 6.45) is 1.15. The standard InChI is InChI=1S/C22H25NO4/c1-16(18-11-7-4-8-12-18)23-19(21(24)26-2)13-14-20(23)22(25)27-15-17-9-5-3-6-10-17/h3-12,16,19-20H,13-15H2,1-2H3/t16-,19-,20+/m0/s1. The first-order valence-corrected chi connectivity index (χ1v) is 9.22. The average Bonchev–Trinajstić information content (AvgIpc) is 3.17. The number of hydrogen-bond donors (Lipinski definition) is 0. The molecular formula is C22H25NO4. The summed E-state index contributed by atoms with van der Waals surface area (Å²) in [6, 6.07) is 18.4. The number of benzene rings is 2. The summed E-state index contributed by atoms with van der Waals surface area (Å²) < 4.78 is 10.5. The van der Waals surface area contributed by atoms with Crippen LogP contribution in [0.15, 0.2) is 60.7 Å². The summed E-state index contributed by atoms with van der Waals surface area (Å²) in [4.78, 5) is 27.0. The van der Waals surface area contributed by atoms with Gasteiger partial charge in [0.15, 0.2) is 0 Å². The van der Waals surface area contributed by atoms with Gasteiger partial charge in [-0.2, -0.15) is 0 Å². The lowest BCUT2D eigenvalue weighted by molar-refractivity contribution is -0.155. The van der Waals surface area contributed by atoms with Crippen molar-refractivity contribution in [3.05, 3.63) is 71.8 Å². The van der Waals surface area contributed by atoms with Crippen molar-refractivity contribution in [3.63, 3.8) is 0 Å². The molecule has 0 unspecified atom stereocenters. The number of esters is 2. The van der Waals surface area contributed by atoms with Crippen molar-refractivity contribution in [1.82, 2.24) is 4.90 Å². The van der Waals surface area contributed by atoms with E-state index in [4.69, 9.17) is 9.47 Å². The summed E-state index contributed by atoms with van der Waals surface area (Å²) in [7, 11) is 1.38. The van der Waals surface area contributed by atoms with E-state index in [1.807, 2.05) is 72.5 Å². The first-order chi connectivity index (χ1) is 13.1. The van der Waals surface area contributed by atoms with Crippen LogP contribution in [0.5, 0.6) is 0 Å². The van der Waals surface area contributed by atoms with Gasteiger partial charge < -0.3 is 9.47 Å². The number of carbonyl (C=O) groups excluding carboxylic acids is 2. The van der Waals surface area contributed by atoms with E-state index in [0.717, 1.165) is 11.1 Å². The van der Waals surface area contributed by atoms with Gasteiger partial charge in [-0.1, -0.05) is 60.7 Å². The Hall–Kier alpha value is -2.66. The number of ether oxygens (including phenoxy) is 2. The minimum atomic E-state index is -0.465. The highest BCUT2D eigenvalue weighted by Crippen LogP contribution is 2.35. The van der Waals surface area contributed by atoms with Crippen molar-refractivity contribution in [2.24, 2.45) is 0 Å². The van der Waals surface area contributed by atoms with E-state index < -0.39 is 12.1 Å². The largest absolute Gasteiger partial charge is 0.468 e. The molecule has 0 aromatic heterocycles. The Morgan fingerprint density at radius 2 is 1.52 bits per heavy atom. The Balaban J connectivity index is 1.77. The fourth-order valence-electron chi connectivity index (χ4n) is 3.71. The zero-order valence-electron chi connectivity index (χ0n) is 15.7. The maximum Gasteiger partial charge on any atom is 0.323 e. The second-order valence-corrected chi connectivity index (χ2v) is 6.76. The number of nitrogens with zero attached hydrogens (tertiary/aromatic N) is 1. The molecule has 1 fully saturated rings. The molecule has 0 spiro atoms. The van der Waals surface area contributed by atoms with E-state index in [-0.39, 0.29) is 24.6 Å². The van der Waals surface area contributed by atoms with Crippen molar-refractivity contribution in [1.29, 1.82) is 0 Å². The predicted molar refractivity (Wildman–Crippen MR) is 102 cm³/mol. The Labute approximate surface area is 159 Å². The first kappa shape index (κ1) is 19.1. The van der Waals surface area contributed by atoms with Gasteiger partial charge in [0.25, 0.3) is 0 Å². The minimum Gasteiger partial charge on any atom is -0.468 e. The normalized spacial score (nSPS) is 20.8. The Bertz CT molecular complexity index is 762. The molecule has 2 aromatic carbocycles. The van der Waals surface area contributed by atoms with Crippen LogP contribution >= 0.6 is 0 Å². The van der Waals surface area contributed by atoms with Gasteiger partial charge in [-0.15, -0.1) is 0 Å². The van der Waals surface area contributed by atoms with E-state index in [1.165, 1.54) is 7.11 Å². The van der Waals surface area contributed by atoms with Crippen LogP contribution in [0.3, 0.4) is 0 Å². The lowest BCUT2D eigenvalue weighted by Gasteiger charge is -2.33. The molecule has 142 valence electrons. The minimum absolute atomic E-state index is 0.105. The van der Waals surface area contributed by atoms with Gasteiger partial charge in [0.1, 0.15) is 18.7 Å². The molecule has 0 aliphatic carbocycles. The van der Waals surface area contributed by atoms with E-state index >= 15 is 0 Å². The molecule has 0 N–H and O–H groups in total. The third-order valence-electron chi connectivity index (χ3n) is 5.13. The molecule has 1 aliphatic heterocycles. The van der Waals surface area contributed by atoms with Crippen LogP contribution in [0, 0.1) is 0 Å². The van der Waals surface area contributed by atoms with Gasteiger partial charge in [0.05, 0.1) is 7.11 Å². The van der Waals surface area contributed by atoms with Crippen molar-refractivity contribution >= 4 is 11.9 Å². The third-order valence-corrected chi connectivity index (χ3v) is 5.13. The molecule has 0 saturated carbocycles. The summed E-state index contributed by atoms with van der Waals surface area (Å²) in [6.45, 7) is 2.24. The molecule has 1 heterocycles. The predicted octanol–water partition coefficient (Wildman–Crippen LogP) is 3.50. The second kappa shape index (κ2) is 8.82. The Kier molecular flexibility index (Phi) is 6.24. The fourth-order valence-corrected chi connectivity index (χ4v) is 3.71. The fraction of sp³-hybridized carbons (Fsp3) is 0.364. The SMILES string of the molecule is COC(=O)[C@@H]1CC[C@H](C(=O)OCc2ccccc2)N1[C@@H](C)c1ccccc1. The van der Waals surface area contributed by atoms with Gasteiger partial charge in [0.2, 0.25) is 0 Å².